The highest BCUT2D eigenvalue weighted by Gasteiger charge is 2.14. The van der Waals surface area contributed by atoms with E-state index in [1.165, 1.54) is 0 Å². The number of fused-ring (bicyclic) bond motifs is 1. The molecule has 0 amide bonds. The van der Waals surface area contributed by atoms with Crippen molar-refractivity contribution < 1.29 is 9.15 Å². The first kappa shape index (κ1) is 11.6. The second kappa shape index (κ2) is 4.31. The zero-order chi connectivity index (χ0) is 13.4. The van der Waals surface area contributed by atoms with Gasteiger partial charge in [0.2, 0.25) is 5.89 Å². The van der Waals surface area contributed by atoms with Gasteiger partial charge in [-0.1, -0.05) is 12.1 Å². The van der Waals surface area contributed by atoms with Crippen molar-refractivity contribution in [1.82, 2.24) is 4.98 Å². The molecule has 0 spiro atoms. The molecular formula is C15H14N2O2. The number of hydrogen-bond acceptors (Lipinski definition) is 4. The molecule has 0 bridgehead atoms. The van der Waals surface area contributed by atoms with Gasteiger partial charge in [-0.25, -0.2) is 4.98 Å². The van der Waals surface area contributed by atoms with E-state index in [2.05, 4.69) is 4.98 Å². The Hall–Kier alpha value is -2.49. The predicted octanol–water partition coefficient (Wildman–Crippen LogP) is 3.39. The summed E-state index contributed by atoms with van der Waals surface area (Å²) in [6.07, 6.45) is 0. The van der Waals surface area contributed by atoms with Crippen molar-refractivity contribution in [2.45, 2.75) is 6.92 Å². The SMILES string of the molecule is COc1cccc2oc(-c3cccc(N)c3C)nc12. The second-order valence-corrected chi connectivity index (χ2v) is 4.35. The van der Waals surface area contributed by atoms with Crippen molar-refractivity contribution in [2.24, 2.45) is 0 Å². The molecule has 96 valence electrons. The van der Waals surface area contributed by atoms with Crippen LogP contribution in [-0.2, 0) is 0 Å². The normalized spacial score (nSPS) is 10.8. The number of ether oxygens (including phenoxy) is 1. The van der Waals surface area contributed by atoms with Crippen LogP contribution in [0.3, 0.4) is 0 Å². The molecular weight excluding hydrogens is 240 g/mol. The van der Waals surface area contributed by atoms with E-state index in [1.807, 2.05) is 43.3 Å². The fourth-order valence-corrected chi connectivity index (χ4v) is 2.09. The molecule has 0 fully saturated rings. The molecule has 19 heavy (non-hydrogen) atoms. The quantitative estimate of drug-likeness (QED) is 0.712. The van der Waals surface area contributed by atoms with Gasteiger partial charge >= 0.3 is 0 Å². The summed E-state index contributed by atoms with van der Waals surface area (Å²) in [5.74, 6) is 1.26. The van der Waals surface area contributed by atoms with Gasteiger partial charge in [0.25, 0.3) is 0 Å². The lowest BCUT2D eigenvalue weighted by atomic mass is 10.1. The van der Waals surface area contributed by atoms with Crippen LogP contribution < -0.4 is 10.5 Å². The maximum Gasteiger partial charge on any atom is 0.227 e. The van der Waals surface area contributed by atoms with Crippen LogP contribution in [-0.4, -0.2) is 12.1 Å². The lowest BCUT2D eigenvalue weighted by Crippen LogP contribution is -1.91. The fourth-order valence-electron chi connectivity index (χ4n) is 2.09. The number of para-hydroxylation sites is 1. The molecule has 3 aromatic rings. The van der Waals surface area contributed by atoms with E-state index in [9.17, 15) is 0 Å². The third-order valence-corrected chi connectivity index (χ3v) is 3.21. The first-order valence-electron chi connectivity index (χ1n) is 5.99. The number of aromatic nitrogens is 1. The van der Waals surface area contributed by atoms with Crippen molar-refractivity contribution in [3.8, 4) is 17.2 Å². The largest absolute Gasteiger partial charge is 0.494 e. The molecule has 4 nitrogen and oxygen atoms in total. The van der Waals surface area contributed by atoms with Crippen molar-refractivity contribution in [3.63, 3.8) is 0 Å². The van der Waals surface area contributed by atoms with E-state index in [1.54, 1.807) is 7.11 Å². The van der Waals surface area contributed by atoms with E-state index in [0.717, 1.165) is 22.3 Å². The number of methoxy groups -OCH3 is 1. The average Bonchev–Trinajstić information content (AvgIpc) is 2.85. The van der Waals surface area contributed by atoms with Gasteiger partial charge in [-0.15, -0.1) is 0 Å². The second-order valence-electron chi connectivity index (χ2n) is 4.35. The summed E-state index contributed by atoms with van der Waals surface area (Å²) in [5, 5.41) is 0. The van der Waals surface area contributed by atoms with Crippen molar-refractivity contribution >= 4 is 16.8 Å². The summed E-state index contributed by atoms with van der Waals surface area (Å²) >= 11 is 0. The maximum atomic E-state index is 5.91. The molecule has 1 aromatic heterocycles. The number of nitrogens with two attached hydrogens (primary N) is 1. The maximum absolute atomic E-state index is 5.91. The number of hydrogen-bond donors (Lipinski definition) is 1. The minimum absolute atomic E-state index is 0.560. The monoisotopic (exact) mass is 254 g/mol. The number of benzene rings is 2. The van der Waals surface area contributed by atoms with E-state index in [-0.39, 0.29) is 0 Å². The molecule has 0 aliphatic rings. The van der Waals surface area contributed by atoms with Gasteiger partial charge in [-0.3, -0.25) is 0 Å². The van der Waals surface area contributed by atoms with Gasteiger partial charge in [0.1, 0.15) is 5.75 Å². The molecule has 0 saturated carbocycles. The van der Waals surface area contributed by atoms with Crippen LogP contribution >= 0.6 is 0 Å². The minimum Gasteiger partial charge on any atom is -0.494 e. The Balaban J connectivity index is 2.24. The van der Waals surface area contributed by atoms with Crippen LogP contribution in [0.4, 0.5) is 5.69 Å². The molecule has 0 unspecified atom stereocenters. The van der Waals surface area contributed by atoms with Crippen molar-refractivity contribution in [1.29, 1.82) is 0 Å². The highest BCUT2D eigenvalue weighted by molar-refractivity contribution is 5.83. The molecule has 3 rings (SSSR count). The molecule has 1 heterocycles. The fraction of sp³-hybridized carbons (Fsp3) is 0.133. The summed E-state index contributed by atoms with van der Waals surface area (Å²) < 4.78 is 11.1. The van der Waals surface area contributed by atoms with E-state index < -0.39 is 0 Å². The van der Waals surface area contributed by atoms with E-state index in [0.29, 0.717) is 17.2 Å². The third-order valence-electron chi connectivity index (χ3n) is 3.21. The summed E-state index contributed by atoms with van der Waals surface area (Å²) in [6, 6.07) is 11.3. The first-order valence-corrected chi connectivity index (χ1v) is 5.99. The van der Waals surface area contributed by atoms with Crippen molar-refractivity contribution in [2.75, 3.05) is 12.8 Å². The summed E-state index contributed by atoms with van der Waals surface area (Å²) in [6.45, 7) is 1.96. The summed E-state index contributed by atoms with van der Waals surface area (Å²) in [5.41, 5.74) is 9.94. The summed E-state index contributed by atoms with van der Waals surface area (Å²) in [4.78, 5) is 4.51. The third kappa shape index (κ3) is 1.81. The van der Waals surface area contributed by atoms with E-state index >= 15 is 0 Å². The standard InChI is InChI=1S/C15H14N2O2/c1-9-10(5-3-6-11(9)16)15-17-14-12(18-2)7-4-8-13(14)19-15/h3-8H,16H2,1-2H3. The number of nitrogen functional groups attached to an aromatic ring is 1. The van der Waals surface area contributed by atoms with E-state index in [4.69, 9.17) is 14.9 Å². The Labute approximate surface area is 110 Å². The zero-order valence-corrected chi connectivity index (χ0v) is 10.8. The van der Waals surface area contributed by atoms with Gasteiger partial charge in [-0.2, -0.15) is 0 Å². The van der Waals surface area contributed by atoms with Crippen LogP contribution in [0, 0.1) is 6.92 Å². The Bertz CT molecular complexity index is 747. The molecule has 0 aliphatic heterocycles. The van der Waals surface area contributed by atoms with Gasteiger partial charge < -0.3 is 14.9 Å². The zero-order valence-electron chi connectivity index (χ0n) is 10.8. The van der Waals surface area contributed by atoms with Crippen LogP contribution in [0.15, 0.2) is 40.8 Å². The van der Waals surface area contributed by atoms with Gasteiger partial charge in [0, 0.05) is 11.3 Å². The predicted molar refractivity (Wildman–Crippen MR) is 75.1 cm³/mol. The molecule has 0 atom stereocenters. The first-order chi connectivity index (χ1) is 9.20. The minimum atomic E-state index is 0.560. The van der Waals surface area contributed by atoms with Gasteiger partial charge in [-0.05, 0) is 36.8 Å². The number of anilines is 1. The smallest absolute Gasteiger partial charge is 0.227 e. The van der Waals surface area contributed by atoms with Crippen molar-refractivity contribution in [3.05, 3.63) is 42.0 Å². The summed E-state index contributed by atoms with van der Waals surface area (Å²) in [7, 11) is 1.62. The van der Waals surface area contributed by atoms with Gasteiger partial charge in [0.15, 0.2) is 11.1 Å². The number of oxazole rings is 1. The molecule has 2 N–H and O–H groups in total. The van der Waals surface area contributed by atoms with Gasteiger partial charge in [0.05, 0.1) is 7.11 Å². The lowest BCUT2D eigenvalue weighted by molar-refractivity contribution is 0.419. The molecule has 0 saturated heterocycles. The highest BCUT2D eigenvalue weighted by atomic mass is 16.5. The topological polar surface area (TPSA) is 61.3 Å². The van der Waals surface area contributed by atoms with Crippen LogP contribution in [0.2, 0.25) is 0 Å². The average molecular weight is 254 g/mol. The van der Waals surface area contributed by atoms with Crippen LogP contribution in [0.5, 0.6) is 5.75 Å². The van der Waals surface area contributed by atoms with Crippen LogP contribution in [0.1, 0.15) is 5.56 Å². The van der Waals surface area contributed by atoms with Crippen LogP contribution in [0.25, 0.3) is 22.6 Å². The molecule has 0 aliphatic carbocycles. The Kier molecular flexibility index (Phi) is 2.63. The molecule has 2 aromatic carbocycles. The molecule has 0 radical (unpaired) electrons. The Morgan fingerprint density at radius 2 is 1.95 bits per heavy atom. The number of rotatable bonds is 2. The molecule has 4 heteroatoms. The number of nitrogens with zero attached hydrogens (tertiary/aromatic N) is 1. The Morgan fingerprint density at radius 1 is 1.16 bits per heavy atom. The Morgan fingerprint density at radius 3 is 2.74 bits per heavy atom. The lowest BCUT2D eigenvalue weighted by Gasteiger charge is -2.03. The highest BCUT2D eigenvalue weighted by Crippen LogP contribution is 2.32.